The molecule has 0 saturated heterocycles. The van der Waals surface area contributed by atoms with Gasteiger partial charge in [0.15, 0.2) is 0 Å². The van der Waals surface area contributed by atoms with Gasteiger partial charge in [-0.3, -0.25) is 4.79 Å². The van der Waals surface area contributed by atoms with Crippen LogP contribution in [0.1, 0.15) is 16.7 Å². The minimum Gasteiger partial charge on any atom is -0.479 e. The molecule has 0 fully saturated rings. The van der Waals surface area contributed by atoms with Gasteiger partial charge in [0.25, 0.3) is 5.19 Å². The Morgan fingerprint density at radius 1 is 0.923 bits per heavy atom. The molecule has 6 nitrogen and oxygen atoms in total. The van der Waals surface area contributed by atoms with Gasteiger partial charge in [0, 0.05) is 17.9 Å². The number of benzene rings is 4. The quantitative estimate of drug-likeness (QED) is 0.234. The third-order valence-corrected chi connectivity index (χ3v) is 8.09. The van der Waals surface area contributed by atoms with Crippen molar-refractivity contribution in [3.63, 3.8) is 0 Å². The van der Waals surface area contributed by atoms with E-state index >= 15 is 0 Å². The first-order valence-corrected chi connectivity index (χ1v) is 13.6. The van der Waals surface area contributed by atoms with Gasteiger partial charge in [0.05, 0.1) is 16.6 Å². The van der Waals surface area contributed by atoms with E-state index in [-0.39, 0.29) is 25.2 Å². The lowest BCUT2D eigenvalue weighted by atomic mass is 9.95. The van der Waals surface area contributed by atoms with Gasteiger partial charge in [0.1, 0.15) is 11.3 Å². The van der Waals surface area contributed by atoms with Gasteiger partial charge in [-0.25, -0.2) is 9.78 Å². The van der Waals surface area contributed by atoms with Crippen LogP contribution >= 0.6 is 22.9 Å². The van der Waals surface area contributed by atoms with E-state index in [9.17, 15) is 14.7 Å². The molecule has 1 aromatic heterocycles. The molecule has 1 atom stereocenters. The number of aliphatic carboxylic acids is 1. The van der Waals surface area contributed by atoms with E-state index in [0.29, 0.717) is 16.0 Å². The summed E-state index contributed by atoms with van der Waals surface area (Å²) in [6, 6.07) is 28.4. The lowest BCUT2D eigenvalue weighted by molar-refractivity contribution is -0.147. The van der Waals surface area contributed by atoms with Crippen LogP contribution in [-0.4, -0.2) is 27.5 Å². The van der Waals surface area contributed by atoms with E-state index in [1.807, 2.05) is 66.7 Å². The maximum atomic E-state index is 13.0. The Morgan fingerprint density at radius 3 is 2.38 bits per heavy atom. The SMILES string of the molecule is O=C(Cc1ccc(Oc2nc3ccccc3s2)cc1)NC1(C(=O)O)Cc2ccc(-c3ccc(Cl)cc3)cc2C1. The molecule has 1 unspecified atom stereocenters. The molecular weight excluding hydrogens is 532 g/mol. The number of para-hydroxylation sites is 1. The lowest BCUT2D eigenvalue weighted by Crippen LogP contribution is -2.55. The normalized spacial score (nSPS) is 16.1. The molecule has 4 aromatic carbocycles. The molecule has 0 bridgehead atoms. The number of rotatable bonds is 7. The first kappa shape index (κ1) is 25.1. The number of aromatic nitrogens is 1. The van der Waals surface area contributed by atoms with Crippen LogP contribution in [-0.2, 0) is 28.9 Å². The van der Waals surface area contributed by atoms with Crippen LogP contribution in [0, 0.1) is 0 Å². The summed E-state index contributed by atoms with van der Waals surface area (Å²) in [7, 11) is 0. The van der Waals surface area contributed by atoms with Crippen LogP contribution in [0.25, 0.3) is 21.3 Å². The van der Waals surface area contributed by atoms with Crippen LogP contribution in [0.3, 0.4) is 0 Å². The molecule has 1 heterocycles. The average molecular weight is 555 g/mol. The average Bonchev–Trinajstić information content (AvgIpc) is 3.51. The minimum atomic E-state index is -1.38. The molecule has 0 saturated carbocycles. The van der Waals surface area contributed by atoms with Crippen molar-refractivity contribution < 1.29 is 19.4 Å². The monoisotopic (exact) mass is 554 g/mol. The molecule has 0 aliphatic heterocycles. The highest BCUT2D eigenvalue weighted by Gasteiger charge is 2.45. The number of amides is 1. The fourth-order valence-electron chi connectivity index (χ4n) is 4.96. The molecule has 6 rings (SSSR count). The van der Waals surface area contributed by atoms with Crippen molar-refractivity contribution in [3.8, 4) is 22.1 Å². The van der Waals surface area contributed by atoms with Gasteiger partial charge < -0.3 is 15.2 Å². The zero-order chi connectivity index (χ0) is 27.0. The molecule has 5 aromatic rings. The Morgan fingerprint density at radius 2 is 1.64 bits per heavy atom. The second-order valence-corrected chi connectivity index (χ2v) is 11.1. The van der Waals surface area contributed by atoms with Gasteiger partial charge in [0.2, 0.25) is 5.91 Å². The third kappa shape index (κ3) is 5.24. The number of carboxylic acid groups (broad SMARTS) is 1. The van der Waals surface area contributed by atoms with Crippen molar-refractivity contribution in [2.75, 3.05) is 0 Å². The number of thiazole rings is 1. The Labute approximate surface area is 233 Å². The van der Waals surface area contributed by atoms with Gasteiger partial charge in [-0.05, 0) is 64.2 Å². The van der Waals surface area contributed by atoms with Crippen LogP contribution in [0.5, 0.6) is 10.9 Å². The lowest BCUT2D eigenvalue weighted by Gasteiger charge is -2.25. The van der Waals surface area contributed by atoms with Crippen LogP contribution < -0.4 is 10.1 Å². The number of carboxylic acids is 1. The summed E-state index contributed by atoms with van der Waals surface area (Å²) >= 11 is 7.48. The molecule has 8 heteroatoms. The molecule has 194 valence electrons. The van der Waals surface area contributed by atoms with Crippen molar-refractivity contribution in [1.29, 1.82) is 0 Å². The Balaban J connectivity index is 1.12. The summed E-state index contributed by atoms with van der Waals surface area (Å²) in [6.07, 6.45) is 0.516. The fraction of sp³-hybridized carbons (Fsp3) is 0.129. The van der Waals surface area contributed by atoms with E-state index in [1.165, 1.54) is 11.3 Å². The highest BCUT2D eigenvalue weighted by Crippen LogP contribution is 2.35. The summed E-state index contributed by atoms with van der Waals surface area (Å²) in [5.74, 6) is -0.773. The van der Waals surface area contributed by atoms with Crippen molar-refractivity contribution in [2.24, 2.45) is 0 Å². The largest absolute Gasteiger partial charge is 0.479 e. The summed E-state index contributed by atoms with van der Waals surface area (Å²) < 4.78 is 6.93. The topological polar surface area (TPSA) is 88.5 Å². The third-order valence-electron chi connectivity index (χ3n) is 6.92. The smallest absolute Gasteiger partial charge is 0.330 e. The number of fused-ring (bicyclic) bond motifs is 2. The predicted octanol–water partition coefficient (Wildman–Crippen LogP) is 6.69. The number of hydrogen-bond donors (Lipinski definition) is 2. The number of carbonyl (C=O) groups is 2. The Hall–Kier alpha value is -4.20. The highest BCUT2D eigenvalue weighted by atomic mass is 35.5. The summed E-state index contributed by atoms with van der Waals surface area (Å²) in [6.45, 7) is 0. The van der Waals surface area contributed by atoms with E-state index in [2.05, 4.69) is 10.3 Å². The molecule has 0 spiro atoms. The Bertz CT molecular complexity index is 1670. The summed E-state index contributed by atoms with van der Waals surface area (Å²) in [5.41, 5.74) is 4.07. The van der Waals surface area contributed by atoms with Crippen LogP contribution in [0.15, 0.2) is 91.0 Å². The Kier molecular flexibility index (Phi) is 6.54. The van der Waals surface area contributed by atoms with Crippen molar-refractivity contribution in [1.82, 2.24) is 10.3 Å². The minimum absolute atomic E-state index is 0.0584. The molecule has 0 radical (unpaired) electrons. The number of carbonyl (C=O) groups excluding carboxylic acids is 1. The van der Waals surface area contributed by atoms with E-state index < -0.39 is 11.5 Å². The molecular formula is C31H23ClN2O4S. The van der Waals surface area contributed by atoms with Crippen LogP contribution in [0.4, 0.5) is 0 Å². The number of halogens is 1. The maximum absolute atomic E-state index is 13.0. The van der Waals surface area contributed by atoms with Crippen LogP contribution in [0.2, 0.25) is 5.02 Å². The predicted molar refractivity (Wildman–Crippen MR) is 153 cm³/mol. The molecule has 1 aliphatic rings. The first-order chi connectivity index (χ1) is 18.9. The summed E-state index contributed by atoms with van der Waals surface area (Å²) in [4.78, 5) is 29.9. The highest BCUT2D eigenvalue weighted by molar-refractivity contribution is 7.20. The second-order valence-electron chi connectivity index (χ2n) is 9.65. The number of hydrogen-bond acceptors (Lipinski definition) is 5. The zero-order valence-electron chi connectivity index (χ0n) is 20.7. The standard InChI is InChI=1S/C31H23ClN2O4S/c32-24-11-9-20(10-12-24)21-7-8-22-17-31(29(36)37,18-23(22)16-21)34-28(35)15-19-5-13-25(14-6-19)38-30-33-26-3-1-2-4-27(26)39-30/h1-14,16H,15,17-18H2,(H,34,35)(H,36,37). The van der Waals surface area contributed by atoms with Gasteiger partial charge in [-0.1, -0.05) is 77.5 Å². The van der Waals surface area contributed by atoms with E-state index in [4.69, 9.17) is 16.3 Å². The fourth-order valence-corrected chi connectivity index (χ4v) is 5.92. The number of nitrogens with one attached hydrogen (secondary N) is 1. The van der Waals surface area contributed by atoms with E-state index in [1.54, 1.807) is 24.3 Å². The molecule has 1 amide bonds. The maximum Gasteiger partial charge on any atom is 0.330 e. The number of ether oxygens (including phenoxy) is 1. The van der Waals surface area contributed by atoms with Crippen molar-refractivity contribution in [2.45, 2.75) is 24.8 Å². The molecule has 2 N–H and O–H groups in total. The van der Waals surface area contributed by atoms with E-state index in [0.717, 1.165) is 38.0 Å². The van der Waals surface area contributed by atoms with Gasteiger partial charge in [-0.15, -0.1) is 0 Å². The molecule has 1 aliphatic carbocycles. The zero-order valence-corrected chi connectivity index (χ0v) is 22.3. The second kappa shape index (κ2) is 10.2. The number of nitrogens with zero attached hydrogens (tertiary/aromatic N) is 1. The van der Waals surface area contributed by atoms with Crippen molar-refractivity contribution >= 4 is 45.0 Å². The van der Waals surface area contributed by atoms with Gasteiger partial charge in [-0.2, -0.15) is 0 Å². The van der Waals surface area contributed by atoms with Crippen molar-refractivity contribution in [3.05, 3.63) is 113 Å². The van der Waals surface area contributed by atoms with Gasteiger partial charge >= 0.3 is 5.97 Å². The molecule has 39 heavy (non-hydrogen) atoms. The first-order valence-electron chi connectivity index (χ1n) is 12.4. The summed E-state index contributed by atoms with van der Waals surface area (Å²) in [5, 5.41) is 14.2.